The van der Waals surface area contributed by atoms with Crippen LogP contribution in [0.1, 0.15) is 64.5 Å². The zero-order valence-electron chi connectivity index (χ0n) is 17.8. The van der Waals surface area contributed by atoms with Crippen LogP contribution in [0.4, 0.5) is 13.2 Å². The van der Waals surface area contributed by atoms with Crippen molar-refractivity contribution in [1.29, 1.82) is 0 Å². The lowest BCUT2D eigenvalue weighted by atomic mass is 9.78. The molecule has 0 bridgehead atoms. The van der Waals surface area contributed by atoms with E-state index in [1.54, 1.807) is 12.1 Å². The van der Waals surface area contributed by atoms with E-state index in [0.717, 1.165) is 5.56 Å². The quantitative estimate of drug-likeness (QED) is 0.684. The minimum atomic E-state index is -4.69. The Kier molecular flexibility index (Phi) is 6.72. The van der Waals surface area contributed by atoms with Crippen LogP contribution in [-0.2, 0) is 9.47 Å². The van der Waals surface area contributed by atoms with Crippen LogP contribution in [0.3, 0.4) is 0 Å². The second kappa shape index (κ2) is 8.65. The van der Waals surface area contributed by atoms with Gasteiger partial charge in [-0.1, -0.05) is 26.0 Å². The van der Waals surface area contributed by atoms with Crippen molar-refractivity contribution >= 4 is 0 Å². The van der Waals surface area contributed by atoms with Gasteiger partial charge in [-0.05, 0) is 50.4 Å². The Morgan fingerprint density at radius 2 is 1.63 bits per heavy atom. The van der Waals surface area contributed by atoms with Gasteiger partial charge in [0, 0.05) is 24.3 Å². The van der Waals surface area contributed by atoms with Crippen molar-refractivity contribution in [2.45, 2.75) is 76.7 Å². The van der Waals surface area contributed by atoms with E-state index in [9.17, 15) is 18.3 Å². The molecule has 3 rings (SSSR count). The van der Waals surface area contributed by atoms with Gasteiger partial charge < -0.3 is 24.6 Å². The summed E-state index contributed by atoms with van der Waals surface area (Å²) in [4.78, 5) is 0. The lowest BCUT2D eigenvalue weighted by molar-refractivity contribution is -0.319. The van der Waals surface area contributed by atoms with E-state index in [0.29, 0.717) is 51.9 Å². The second-order valence-electron chi connectivity index (χ2n) is 9.42. The van der Waals surface area contributed by atoms with E-state index < -0.39 is 17.8 Å². The molecule has 2 N–H and O–H groups in total. The summed E-state index contributed by atoms with van der Waals surface area (Å²) in [6.07, 6.45) is -1.51. The molecule has 170 valence electrons. The zero-order valence-corrected chi connectivity index (χ0v) is 17.8. The lowest BCUT2D eigenvalue weighted by Crippen LogP contribution is -2.52. The predicted molar refractivity (Wildman–Crippen MR) is 106 cm³/mol. The molecule has 30 heavy (non-hydrogen) atoms. The van der Waals surface area contributed by atoms with E-state index in [1.165, 1.54) is 12.1 Å². The van der Waals surface area contributed by atoms with Gasteiger partial charge in [0.25, 0.3) is 0 Å². The normalized spacial score (nSPS) is 23.8. The molecule has 2 aliphatic rings. The molecule has 0 unspecified atom stereocenters. The van der Waals surface area contributed by atoms with Crippen molar-refractivity contribution in [3.63, 3.8) is 0 Å². The van der Waals surface area contributed by atoms with Gasteiger partial charge in [0.1, 0.15) is 5.75 Å². The molecule has 1 saturated heterocycles. The fourth-order valence-corrected chi connectivity index (χ4v) is 3.97. The molecule has 0 aromatic heterocycles. The highest BCUT2D eigenvalue weighted by Gasteiger charge is 2.46. The van der Waals surface area contributed by atoms with E-state index in [2.05, 4.69) is 23.9 Å². The van der Waals surface area contributed by atoms with Crippen molar-refractivity contribution < 1.29 is 32.5 Å². The fraction of sp³-hybridized carbons (Fsp3) is 0.727. The standard InChI is InChI=1S/C22H32F3NO4/c1-16(17-4-6-18(7-5-17)30-22(23,24)25)26-13-12-20(27)8-10-21(11-9-20)28-14-19(2,3)15-29-21/h4-7,16,26-27H,8-15H2,1-3H3/t16-/m0/s1. The molecular weight excluding hydrogens is 399 g/mol. The van der Waals surface area contributed by atoms with E-state index in [-0.39, 0.29) is 17.2 Å². The number of aliphatic hydroxyl groups is 1. The van der Waals surface area contributed by atoms with Gasteiger partial charge in [-0.3, -0.25) is 0 Å². The fourth-order valence-electron chi connectivity index (χ4n) is 3.97. The number of benzene rings is 1. The van der Waals surface area contributed by atoms with Crippen molar-refractivity contribution in [2.75, 3.05) is 19.8 Å². The Bertz CT molecular complexity index is 685. The Morgan fingerprint density at radius 3 is 2.17 bits per heavy atom. The number of halogens is 3. The maximum absolute atomic E-state index is 12.3. The number of hydrogen-bond donors (Lipinski definition) is 2. The lowest BCUT2D eigenvalue weighted by Gasteiger charge is -2.48. The highest BCUT2D eigenvalue weighted by atomic mass is 19.4. The van der Waals surface area contributed by atoms with Crippen molar-refractivity contribution in [2.24, 2.45) is 5.41 Å². The summed E-state index contributed by atoms with van der Waals surface area (Å²) < 4.78 is 52.7. The van der Waals surface area contributed by atoms with Gasteiger partial charge in [0.2, 0.25) is 0 Å². The number of alkyl halides is 3. The van der Waals surface area contributed by atoms with Gasteiger partial charge in [0.05, 0.1) is 18.8 Å². The first-order valence-corrected chi connectivity index (χ1v) is 10.5. The highest BCUT2D eigenvalue weighted by molar-refractivity contribution is 5.29. The minimum absolute atomic E-state index is 0.0239. The van der Waals surface area contributed by atoms with Crippen molar-refractivity contribution in [3.05, 3.63) is 29.8 Å². The molecule has 1 aromatic carbocycles. The third-order valence-corrected chi connectivity index (χ3v) is 6.05. The summed E-state index contributed by atoms with van der Waals surface area (Å²) in [5.41, 5.74) is 0.115. The Balaban J connectivity index is 1.43. The van der Waals surface area contributed by atoms with Crippen LogP contribution in [-0.4, -0.2) is 42.6 Å². The SMILES string of the molecule is C[C@H](NCCC1(O)CCC2(CC1)OCC(C)(C)CO2)c1ccc(OC(F)(F)F)cc1. The molecule has 1 aromatic rings. The summed E-state index contributed by atoms with van der Waals surface area (Å²) in [7, 11) is 0. The molecular formula is C22H32F3NO4. The average Bonchev–Trinajstić information content (AvgIpc) is 2.66. The molecule has 1 aliphatic heterocycles. The number of nitrogens with one attached hydrogen (secondary N) is 1. The molecule has 0 radical (unpaired) electrons. The Labute approximate surface area is 175 Å². The summed E-state index contributed by atoms with van der Waals surface area (Å²) in [5.74, 6) is -0.790. The van der Waals surface area contributed by atoms with E-state index >= 15 is 0 Å². The second-order valence-corrected chi connectivity index (χ2v) is 9.42. The van der Waals surface area contributed by atoms with Gasteiger partial charge >= 0.3 is 6.36 Å². The molecule has 1 atom stereocenters. The number of rotatable bonds is 6. The van der Waals surface area contributed by atoms with Crippen LogP contribution in [0.2, 0.25) is 0 Å². The van der Waals surface area contributed by atoms with Crippen molar-refractivity contribution in [3.8, 4) is 5.75 Å². The highest BCUT2D eigenvalue weighted by Crippen LogP contribution is 2.43. The maximum Gasteiger partial charge on any atom is 0.573 e. The molecule has 5 nitrogen and oxygen atoms in total. The molecule has 1 aliphatic carbocycles. The minimum Gasteiger partial charge on any atom is -0.406 e. The molecule has 1 spiro atoms. The summed E-state index contributed by atoms with van der Waals surface area (Å²) in [5, 5.41) is 14.3. The Morgan fingerprint density at radius 1 is 1.07 bits per heavy atom. The zero-order chi connectivity index (χ0) is 22.0. The first-order chi connectivity index (χ1) is 13.9. The van der Waals surface area contributed by atoms with E-state index in [1.807, 2.05) is 6.92 Å². The average molecular weight is 431 g/mol. The van der Waals surface area contributed by atoms with Gasteiger partial charge in [0.15, 0.2) is 5.79 Å². The molecule has 8 heteroatoms. The number of ether oxygens (including phenoxy) is 3. The van der Waals surface area contributed by atoms with Crippen LogP contribution in [0.15, 0.2) is 24.3 Å². The van der Waals surface area contributed by atoms with Crippen LogP contribution in [0, 0.1) is 5.41 Å². The summed E-state index contributed by atoms with van der Waals surface area (Å²) in [6.45, 7) is 8.09. The first kappa shape index (κ1) is 23.3. The Hall–Kier alpha value is -1.35. The van der Waals surface area contributed by atoms with Crippen LogP contribution in [0.25, 0.3) is 0 Å². The smallest absolute Gasteiger partial charge is 0.406 e. The van der Waals surface area contributed by atoms with Gasteiger partial charge in [-0.25, -0.2) is 0 Å². The van der Waals surface area contributed by atoms with Gasteiger partial charge in [-0.15, -0.1) is 13.2 Å². The van der Waals surface area contributed by atoms with Gasteiger partial charge in [-0.2, -0.15) is 0 Å². The van der Waals surface area contributed by atoms with Crippen molar-refractivity contribution in [1.82, 2.24) is 5.32 Å². The molecule has 0 amide bonds. The molecule has 1 heterocycles. The molecule has 2 fully saturated rings. The topological polar surface area (TPSA) is 60.0 Å². The number of hydrogen-bond acceptors (Lipinski definition) is 5. The predicted octanol–water partition coefficient (Wildman–Crippen LogP) is 4.70. The third-order valence-electron chi connectivity index (χ3n) is 6.05. The van der Waals surface area contributed by atoms with Crippen LogP contribution < -0.4 is 10.1 Å². The van der Waals surface area contributed by atoms with E-state index in [4.69, 9.17) is 9.47 Å². The van der Waals surface area contributed by atoms with Crippen LogP contribution in [0.5, 0.6) is 5.75 Å². The first-order valence-electron chi connectivity index (χ1n) is 10.5. The maximum atomic E-state index is 12.3. The van der Waals surface area contributed by atoms with Crippen LogP contribution >= 0.6 is 0 Å². The third kappa shape index (κ3) is 6.33. The summed E-state index contributed by atoms with van der Waals surface area (Å²) >= 11 is 0. The summed E-state index contributed by atoms with van der Waals surface area (Å²) in [6, 6.07) is 5.77. The molecule has 1 saturated carbocycles. The largest absolute Gasteiger partial charge is 0.573 e. The monoisotopic (exact) mass is 431 g/mol.